The zero-order valence-corrected chi connectivity index (χ0v) is 20.2. The Kier molecular flexibility index (Phi) is 7.98. The molecule has 0 unspecified atom stereocenters. The molecule has 0 bridgehead atoms. The van der Waals surface area contributed by atoms with Crippen LogP contribution in [0.3, 0.4) is 0 Å². The van der Waals surface area contributed by atoms with E-state index >= 15 is 0 Å². The van der Waals surface area contributed by atoms with Crippen molar-refractivity contribution in [3.05, 3.63) is 82.9 Å². The van der Waals surface area contributed by atoms with Gasteiger partial charge in [0, 0.05) is 51.0 Å². The van der Waals surface area contributed by atoms with Gasteiger partial charge in [-0.15, -0.1) is 13.2 Å². The molecule has 0 spiro atoms. The van der Waals surface area contributed by atoms with Crippen LogP contribution in [0.5, 0.6) is 5.75 Å². The maximum absolute atomic E-state index is 12.6. The number of imidazole rings is 1. The number of ether oxygens (including phenoxy) is 2. The summed E-state index contributed by atoms with van der Waals surface area (Å²) >= 11 is 0. The first-order chi connectivity index (χ1) is 17.7. The van der Waals surface area contributed by atoms with Crippen molar-refractivity contribution in [2.45, 2.75) is 33.0 Å². The highest BCUT2D eigenvalue weighted by Gasteiger charge is 2.32. The van der Waals surface area contributed by atoms with Crippen LogP contribution in [0.15, 0.2) is 54.7 Å². The summed E-state index contributed by atoms with van der Waals surface area (Å²) in [5, 5.41) is 8.99. The molecule has 1 fully saturated rings. The number of hydrogen-bond donors (Lipinski definition) is 0. The molecular weight excluding hydrogens is 487 g/mol. The Hall–Kier alpha value is -4.04. The zero-order chi connectivity index (χ0) is 26.4. The van der Waals surface area contributed by atoms with E-state index in [0.717, 1.165) is 17.1 Å². The second-order valence-electron chi connectivity index (χ2n) is 8.66. The summed E-state index contributed by atoms with van der Waals surface area (Å²) in [4.78, 5) is 20.7. The van der Waals surface area contributed by atoms with E-state index in [1.54, 1.807) is 23.1 Å². The number of nitriles is 1. The number of hydrogen-bond acceptors (Lipinski definition) is 6. The van der Waals surface area contributed by atoms with Crippen LogP contribution < -0.4 is 4.74 Å². The second kappa shape index (κ2) is 11.3. The van der Waals surface area contributed by atoms with Crippen molar-refractivity contribution in [1.29, 1.82) is 5.26 Å². The van der Waals surface area contributed by atoms with E-state index in [0.29, 0.717) is 44.8 Å². The molecule has 3 aromatic rings. The maximum Gasteiger partial charge on any atom is 0.573 e. The van der Waals surface area contributed by atoms with Crippen LogP contribution in [0.2, 0.25) is 0 Å². The maximum atomic E-state index is 12.6. The summed E-state index contributed by atoms with van der Waals surface area (Å²) in [6, 6.07) is 15.2. The van der Waals surface area contributed by atoms with Gasteiger partial charge in [-0.3, -0.25) is 4.90 Å². The fourth-order valence-corrected chi connectivity index (χ4v) is 4.12. The van der Waals surface area contributed by atoms with Gasteiger partial charge in [0.15, 0.2) is 0 Å². The van der Waals surface area contributed by atoms with Crippen LogP contribution in [0.25, 0.3) is 0 Å². The summed E-state index contributed by atoms with van der Waals surface area (Å²) in [5.74, 6) is 0.497. The molecule has 11 heteroatoms. The fraction of sp³-hybridized carbons (Fsp3) is 0.346. The lowest BCUT2D eigenvalue weighted by Crippen LogP contribution is -2.48. The number of carbonyl (C=O) groups is 1. The van der Waals surface area contributed by atoms with Gasteiger partial charge >= 0.3 is 12.5 Å². The Bertz CT molecular complexity index is 1260. The first-order valence-corrected chi connectivity index (χ1v) is 11.7. The van der Waals surface area contributed by atoms with E-state index in [1.165, 1.54) is 18.2 Å². The predicted octanol–water partition coefficient (Wildman–Crippen LogP) is 4.46. The Morgan fingerprint density at radius 1 is 1.05 bits per heavy atom. The average molecular weight is 514 g/mol. The van der Waals surface area contributed by atoms with Gasteiger partial charge in [-0.05, 0) is 30.7 Å². The molecule has 0 N–H and O–H groups in total. The minimum Gasteiger partial charge on any atom is -0.444 e. The van der Waals surface area contributed by atoms with Crippen LogP contribution in [-0.4, -0.2) is 58.0 Å². The van der Waals surface area contributed by atoms with Gasteiger partial charge in [0.05, 0.1) is 17.3 Å². The van der Waals surface area contributed by atoms with Crippen LogP contribution in [0.4, 0.5) is 18.0 Å². The SMILES string of the molecule is Cc1ncc(CN2CCN(C(=O)OCc3ccccc3OC(F)(F)F)CC2)n1Cc1ccc(C#N)cc1. The van der Waals surface area contributed by atoms with Crippen LogP contribution in [0.1, 0.15) is 28.2 Å². The van der Waals surface area contributed by atoms with Gasteiger partial charge in [0.1, 0.15) is 18.2 Å². The van der Waals surface area contributed by atoms with Crippen molar-refractivity contribution >= 4 is 6.09 Å². The average Bonchev–Trinajstić information content (AvgIpc) is 3.22. The van der Waals surface area contributed by atoms with E-state index < -0.39 is 12.5 Å². The molecule has 37 heavy (non-hydrogen) atoms. The molecule has 1 saturated heterocycles. The normalized spacial score (nSPS) is 14.3. The second-order valence-corrected chi connectivity index (χ2v) is 8.66. The van der Waals surface area contributed by atoms with Crippen molar-refractivity contribution in [1.82, 2.24) is 19.4 Å². The van der Waals surface area contributed by atoms with Gasteiger partial charge in [-0.2, -0.15) is 5.26 Å². The molecule has 8 nitrogen and oxygen atoms in total. The number of halogens is 3. The van der Waals surface area contributed by atoms with Gasteiger partial charge in [0.2, 0.25) is 0 Å². The molecule has 0 aliphatic carbocycles. The zero-order valence-electron chi connectivity index (χ0n) is 20.2. The molecule has 1 amide bonds. The van der Waals surface area contributed by atoms with E-state index in [9.17, 15) is 18.0 Å². The molecule has 0 radical (unpaired) electrons. The summed E-state index contributed by atoms with van der Waals surface area (Å²) < 4.78 is 49.2. The quantitative estimate of drug-likeness (QED) is 0.464. The van der Waals surface area contributed by atoms with E-state index in [4.69, 9.17) is 10.00 Å². The summed E-state index contributed by atoms with van der Waals surface area (Å²) in [7, 11) is 0. The first kappa shape index (κ1) is 26.0. The fourth-order valence-electron chi connectivity index (χ4n) is 4.12. The molecule has 2 heterocycles. The van der Waals surface area contributed by atoms with Crippen molar-refractivity contribution in [2.24, 2.45) is 0 Å². The Morgan fingerprint density at radius 3 is 2.43 bits per heavy atom. The molecule has 1 aromatic heterocycles. The molecule has 2 aromatic carbocycles. The Morgan fingerprint density at radius 2 is 1.76 bits per heavy atom. The number of para-hydroxylation sites is 1. The number of aromatic nitrogens is 2. The third kappa shape index (κ3) is 7.01. The lowest BCUT2D eigenvalue weighted by molar-refractivity contribution is -0.275. The minimum atomic E-state index is -4.83. The molecule has 0 saturated carbocycles. The number of benzene rings is 2. The highest BCUT2D eigenvalue weighted by atomic mass is 19.4. The van der Waals surface area contributed by atoms with E-state index in [2.05, 4.69) is 25.3 Å². The number of amides is 1. The van der Waals surface area contributed by atoms with Crippen molar-refractivity contribution < 1.29 is 27.4 Å². The summed E-state index contributed by atoms with van der Waals surface area (Å²) in [5.41, 5.74) is 2.86. The van der Waals surface area contributed by atoms with Crippen LogP contribution in [0, 0.1) is 18.3 Å². The van der Waals surface area contributed by atoms with E-state index in [-0.39, 0.29) is 17.9 Å². The molecule has 1 aliphatic heterocycles. The largest absolute Gasteiger partial charge is 0.573 e. The number of piperazine rings is 1. The lowest BCUT2D eigenvalue weighted by atomic mass is 10.1. The highest BCUT2D eigenvalue weighted by Crippen LogP contribution is 2.27. The van der Waals surface area contributed by atoms with Crippen LogP contribution in [-0.2, 0) is 24.4 Å². The topological polar surface area (TPSA) is 83.6 Å². The van der Waals surface area contributed by atoms with Crippen molar-refractivity contribution in [3.63, 3.8) is 0 Å². The number of rotatable bonds is 7. The third-order valence-electron chi connectivity index (χ3n) is 6.13. The third-order valence-corrected chi connectivity index (χ3v) is 6.13. The van der Waals surface area contributed by atoms with Gasteiger partial charge in [-0.1, -0.05) is 30.3 Å². The molecule has 4 rings (SSSR count). The molecule has 0 atom stereocenters. The molecular formula is C26H26F3N5O3. The Balaban J connectivity index is 1.29. The first-order valence-electron chi connectivity index (χ1n) is 11.7. The predicted molar refractivity (Wildman–Crippen MR) is 127 cm³/mol. The minimum absolute atomic E-state index is 0.137. The number of alkyl halides is 3. The van der Waals surface area contributed by atoms with Gasteiger partial charge in [0.25, 0.3) is 0 Å². The van der Waals surface area contributed by atoms with E-state index in [1.807, 2.05) is 25.3 Å². The molecule has 194 valence electrons. The standard InChI is InChI=1S/C26H26F3N5O3/c1-19-31-15-23(34(19)16-21-8-6-20(14-30)7-9-21)17-32-10-12-33(13-11-32)25(35)36-18-22-4-2-3-5-24(22)37-26(27,28)29/h2-9,15H,10-13,16-18H2,1H3. The van der Waals surface area contributed by atoms with Gasteiger partial charge < -0.3 is 18.9 Å². The molecule has 1 aliphatic rings. The number of aryl methyl sites for hydroxylation is 1. The smallest absolute Gasteiger partial charge is 0.444 e. The summed E-state index contributed by atoms with van der Waals surface area (Å²) in [6.45, 7) is 5.01. The van der Waals surface area contributed by atoms with Crippen molar-refractivity contribution in [2.75, 3.05) is 26.2 Å². The summed E-state index contributed by atoms with van der Waals surface area (Å²) in [6.07, 6.45) is -3.56. The number of carbonyl (C=O) groups excluding carboxylic acids is 1. The lowest BCUT2D eigenvalue weighted by Gasteiger charge is -2.34. The van der Waals surface area contributed by atoms with Crippen LogP contribution >= 0.6 is 0 Å². The number of nitrogens with zero attached hydrogens (tertiary/aromatic N) is 5. The van der Waals surface area contributed by atoms with Gasteiger partial charge in [-0.25, -0.2) is 9.78 Å². The highest BCUT2D eigenvalue weighted by molar-refractivity contribution is 5.67. The Labute approximate surface area is 212 Å². The monoisotopic (exact) mass is 513 g/mol. The van der Waals surface area contributed by atoms with Crippen molar-refractivity contribution in [3.8, 4) is 11.8 Å².